The van der Waals surface area contributed by atoms with E-state index in [-0.39, 0.29) is 18.5 Å². The Balaban J connectivity index is 2.09. The fraction of sp³-hybridized carbons (Fsp3) is 0.444. The molecule has 0 radical (unpaired) electrons. The third-order valence-electron chi connectivity index (χ3n) is 3.85. The van der Waals surface area contributed by atoms with E-state index in [2.05, 4.69) is 17.3 Å². The van der Waals surface area contributed by atoms with Crippen LogP contribution in [0, 0.1) is 12.7 Å². The standard InChI is InChI=1S/C18H25FN4O2/c1-3-4-10-22(11-5-12-24)18(25)20-17-13-14(2)23(21-17)16-8-6-15(19)7-9-16/h6-9,13,24H,3-5,10-12H2,1-2H3,(H,20,21,25). The Kier molecular flexibility index (Phi) is 6.94. The van der Waals surface area contributed by atoms with Crippen LogP contribution in [-0.2, 0) is 0 Å². The molecule has 1 aromatic heterocycles. The van der Waals surface area contributed by atoms with Crippen LogP contribution in [-0.4, -0.2) is 45.5 Å². The van der Waals surface area contributed by atoms with Gasteiger partial charge in [0.05, 0.1) is 5.69 Å². The molecule has 0 aliphatic rings. The van der Waals surface area contributed by atoms with E-state index >= 15 is 0 Å². The van der Waals surface area contributed by atoms with Gasteiger partial charge in [0.15, 0.2) is 5.82 Å². The molecule has 6 nitrogen and oxygen atoms in total. The highest BCUT2D eigenvalue weighted by Crippen LogP contribution is 2.16. The topological polar surface area (TPSA) is 70.4 Å². The number of hydrogen-bond acceptors (Lipinski definition) is 3. The molecule has 0 saturated carbocycles. The van der Waals surface area contributed by atoms with E-state index < -0.39 is 0 Å². The largest absolute Gasteiger partial charge is 0.396 e. The van der Waals surface area contributed by atoms with Crippen LogP contribution in [0.3, 0.4) is 0 Å². The number of halogens is 1. The highest BCUT2D eigenvalue weighted by atomic mass is 19.1. The molecular weight excluding hydrogens is 323 g/mol. The lowest BCUT2D eigenvalue weighted by Gasteiger charge is -2.22. The van der Waals surface area contributed by atoms with E-state index in [0.29, 0.717) is 25.3 Å². The first-order valence-electron chi connectivity index (χ1n) is 8.54. The van der Waals surface area contributed by atoms with Gasteiger partial charge in [-0.05, 0) is 44.0 Å². The number of carbonyl (C=O) groups excluding carboxylic acids is 1. The molecule has 0 atom stereocenters. The summed E-state index contributed by atoms with van der Waals surface area (Å²) in [6.07, 6.45) is 2.43. The normalized spacial score (nSPS) is 10.7. The van der Waals surface area contributed by atoms with Crippen LogP contribution in [0.25, 0.3) is 5.69 Å². The van der Waals surface area contributed by atoms with Crippen molar-refractivity contribution in [3.05, 3.63) is 41.8 Å². The van der Waals surface area contributed by atoms with Gasteiger partial charge < -0.3 is 10.0 Å². The maximum Gasteiger partial charge on any atom is 0.323 e. The lowest BCUT2D eigenvalue weighted by molar-refractivity contribution is 0.201. The van der Waals surface area contributed by atoms with E-state index in [1.165, 1.54) is 12.1 Å². The van der Waals surface area contributed by atoms with E-state index in [9.17, 15) is 9.18 Å². The van der Waals surface area contributed by atoms with Crippen LogP contribution in [0.2, 0.25) is 0 Å². The van der Waals surface area contributed by atoms with Gasteiger partial charge in [-0.2, -0.15) is 0 Å². The van der Waals surface area contributed by atoms with Crippen LogP contribution in [0.5, 0.6) is 0 Å². The van der Waals surface area contributed by atoms with Crippen molar-refractivity contribution >= 4 is 11.8 Å². The minimum atomic E-state index is -0.308. The summed E-state index contributed by atoms with van der Waals surface area (Å²) in [5, 5.41) is 16.2. The Morgan fingerprint density at radius 3 is 2.60 bits per heavy atom. The third kappa shape index (κ3) is 5.29. The van der Waals surface area contributed by atoms with Crippen LogP contribution < -0.4 is 5.32 Å². The number of aliphatic hydroxyl groups is 1. The van der Waals surface area contributed by atoms with E-state index in [1.54, 1.807) is 27.8 Å². The molecule has 0 spiro atoms. The monoisotopic (exact) mass is 348 g/mol. The summed E-state index contributed by atoms with van der Waals surface area (Å²) in [6.45, 7) is 5.12. The van der Waals surface area contributed by atoms with Crippen molar-refractivity contribution in [1.29, 1.82) is 0 Å². The highest BCUT2D eigenvalue weighted by molar-refractivity contribution is 5.88. The molecule has 7 heteroatoms. The molecule has 136 valence electrons. The molecule has 2 rings (SSSR count). The quantitative estimate of drug-likeness (QED) is 0.769. The van der Waals surface area contributed by atoms with Gasteiger partial charge in [0.25, 0.3) is 0 Å². The lowest BCUT2D eigenvalue weighted by atomic mass is 10.3. The molecule has 0 unspecified atom stereocenters. The fourth-order valence-electron chi connectivity index (χ4n) is 2.49. The molecule has 0 aliphatic carbocycles. The number of nitrogens with one attached hydrogen (secondary N) is 1. The van der Waals surface area contributed by atoms with Gasteiger partial charge >= 0.3 is 6.03 Å². The number of hydrogen-bond donors (Lipinski definition) is 2. The number of urea groups is 1. The van der Waals surface area contributed by atoms with Gasteiger partial charge in [-0.1, -0.05) is 13.3 Å². The molecule has 1 aromatic carbocycles. The first kappa shape index (κ1) is 18.9. The summed E-state index contributed by atoms with van der Waals surface area (Å²) in [4.78, 5) is 14.1. The fourth-order valence-corrected chi connectivity index (χ4v) is 2.49. The minimum Gasteiger partial charge on any atom is -0.396 e. The molecule has 2 amide bonds. The minimum absolute atomic E-state index is 0.0498. The Hall–Kier alpha value is -2.41. The summed E-state index contributed by atoms with van der Waals surface area (Å²) in [5.41, 5.74) is 1.56. The number of amides is 2. The van der Waals surface area contributed by atoms with Crippen LogP contribution >= 0.6 is 0 Å². The van der Waals surface area contributed by atoms with Crippen molar-refractivity contribution in [1.82, 2.24) is 14.7 Å². The van der Waals surface area contributed by atoms with Crippen molar-refractivity contribution in [2.75, 3.05) is 25.0 Å². The summed E-state index contributed by atoms with van der Waals surface area (Å²) in [6, 6.07) is 7.55. The van der Waals surface area contributed by atoms with Gasteiger partial charge in [0.2, 0.25) is 0 Å². The smallest absolute Gasteiger partial charge is 0.323 e. The number of rotatable bonds is 8. The zero-order valence-corrected chi connectivity index (χ0v) is 14.7. The second-order valence-electron chi connectivity index (χ2n) is 5.91. The second kappa shape index (κ2) is 9.17. The summed E-state index contributed by atoms with van der Waals surface area (Å²) in [7, 11) is 0. The van der Waals surface area contributed by atoms with E-state index in [1.807, 2.05) is 6.92 Å². The third-order valence-corrected chi connectivity index (χ3v) is 3.85. The Morgan fingerprint density at radius 1 is 1.28 bits per heavy atom. The number of aliphatic hydroxyl groups excluding tert-OH is 1. The van der Waals surface area contributed by atoms with E-state index in [0.717, 1.165) is 24.2 Å². The number of nitrogens with zero attached hydrogens (tertiary/aromatic N) is 3. The predicted octanol–water partition coefficient (Wildman–Crippen LogP) is 3.34. The number of aryl methyl sites for hydroxylation is 1. The molecular formula is C18H25FN4O2. The van der Waals surface area contributed by atoms with Crippen LogP contribution in [0.4, 0.5) is 15.0 Å². The lowest BCUT2D eigenvalue weighted by Crippen LogP contribution is -2.37. The van der Waals surface area contributed by atoms with Gasteiger partial charge in [-0.3, -0.25) is 5.32 Å². The molecule has 2 aromatic rings. The van der Waals surface area contributed by atoms with Gasteiger partial charge in [-0.25, -0.2) is 13.9 Å². The Bertz CT molecular complexity index is 677. The first-order chi connectivity index (χ1) is 12.0. The summed E-state index contributed by atoms with van der Waals surface area (Å²) >= 11 is 0. The van der Waals surface area contributed by atoms with Gasteiger partial charge in [0.1, 0.15) is 5.82 Å². The maximum absolute atomic E-state index is 13.1. The molecule has 0 bridgehead atoms. The van der Waals surface area contributed by atoms with Gasteiger partial charge in [-0.15, -0.1) is 5.10 Å². The Labute approximate surface area is 147 Å². The maximum atomic E-state index is 13.1. The average molecular weight is 348 g/mol. The zero-order valence-electron chi connectivity index (χ0n) is 14.7. The van der Waals surface area contributed by atoms with Gasteiger partial charge in [0, 0.05) is 31.5 Å². The molecule has 1 heterocycles. The molecule has 0 saturated heterocycles. The zero-order chi connectivity index (χ0) is 18.2. The summed E-state index contributed by atoms with van der Waals surface area (Å²) < 4.78 is 14.7. The number of carbonyl (C=O) groups is 1. The second-order valence-corrected chi connectivity index (χ2v) is 5.91. The average Bonchev–Trinajstić information content (AvgIpc) is 2.96. The molecule has 2 N–H and O–H groups in total. The summed E-state index contributed by atoms with van der Waals surface area (Å²) in [5.74, 6) is 0.134. The van der Waals surface area contributed by atoms with Crippen LogP contribution in [0.15, 0.2) is 30.3 Å². The van der Waals surface area contributed by atoms with Crippen LogP contribution in [0.1, 0.15) is 31.9 Å². The SMILES string of the molecule is CCCCN(CCCO)C(=O)Nc1cc(C)n(-c2ccc(F)cc2)n1. The highest BCUT2D eigenvalue weighted by Gasteiger charge is 2.15. The van der Waals surface area contributed by atoms with Crippen molar-refractivity contribution in [3.8, 4) is 5.69 Å². The molecule has 25 heavy (non-hydrogen) atoms. The predicted molar refractivity (Wildman–Crippen MR) is 95.5 cm³/mol. The van der Waals surface area contributed by atoms with Crippen molar-refractivity contribution in [2.24, 2.45) is 0 Å². The van der Waals surface area contributed by atoms with Crippen molar-refractivity contribution in [3.63, 3.8) is 0 Å². The number of anilines is 1. The number of aromatic nitrogens is 2. The number of unbranched alkanes of at least 4 members (excludes halogenated alkanes) is 1. The Morgan fingerprint density at radius 2 is 1.96 bits per heavy atom. The first-order valence-corrected chi connectivity index (χ1v) is 8.54. The van der Waals surface area contributed by atoms with Crippen molar-refractivity contribution < 1.29 is 14.3 Å². The van der Waals surface area contributed by atoms with Crippen molar-refractivity contribution in [2.45, 2.75) is 33.1 Å². The van der Waals surface area contributed by atoms with E-state index in [4.69, 9.17) is 5.11 Å². The molecule has 0 fully saturated rings. The number of benzene rings is 1. The molecule has 0 aliphatic heterocycles.